The quantitative estimate of drug-likeness (QED) is 0.771. The van der Waals surface area contributed by atoms with Crippen molar-refractivity contribution in [3.63, 3.8) is 0 Å². The molecule has 7 heteroatoms. The van der Waals surface area contributed by atoms with E-state index in [0.717, 1.165) is 17.5 Å². The molecule has 28 heavy (non-hydrogen) atoms. The Labute approximate surface area is 161 Å². The summed E-state index contributed by atoms with van der Waals surface area (Å²) in [4.78, 5) is 25.8. The summed E-state index contributed by atoms with van der Waals surface area (Å²) in [5, 5.41) is 2.66. The molecular weight excluding hydrogens is 366 g/mol. The molecule has 1 aliphatic heterocycles. The number of benzene rings is 2. The van der Waals surface area contributed by atoms with Crippen LogP contribution in [0.2, 0.25) is 0 Å². The molecule has 0 atom stereocenters. The maximum atomic E-state index is 13.0. The molecule has 2 aromatic rings. The fraction of sp³-hybridized carbons (Fsp3) is 0.238. The van der Waals surface area contributed by atoms with Crippen molar-refractivity contribution in [1.29, 1.82) is 0 Å². The third-order valence-electron chi connectivity index (χ3n) is 4.49. The number of anilines is 1. The fourth-order valence-corrected chi connectivity index (χ4v) is 3.19. The number of hydrogen-bond acceptors (Lipinski definition) is 3. The highest BCUT2D eigenvalue weighted by Gasteiger charge is 2.27. The first kappa shape index (κ1) is 19.5. The molecule has 2 amide bonds. The molecule has 5 nitrogen and oxygen atoms in total. The number of para-hydroxylation sites is 1. The number of aryl methyl sites for hydroxylation is 1. The maximum absolute atomic E-state index is 13.0. The Morgan fingerprint density at radius 1 is 1.21 bits per heavy atom. The number of amides is 2. The summed E-state index contributed by atoms with van der Waals surface area (Å²) in [7, 11) is 0. The number of carbonyl (C=O) groups excluding carboxylic acids is 2. The molecule has 0 aliphatic carbocycles. The van der Waals surface area contributed by atoms with Gasteiger partial charge in [-0.25, -0.2) is 0 Å². The van der Waals surface area contributed by atoms with E-state index in [1.165, 1.54) is 17.0 Å². The number of nitrogens with one attached hydrogen (secondary N) is 1. The average Bonchev–Trinajstić information content (AvgIpc) is 2.71. The summed E-state index contributed by atoms with van der Waals surface area (Å²) in [5.41, 5.74) is 2.47. The lowest BCUT2D eigenvalue weighted by molar-refractivity contribution is -0.116. The SMILES string of the molecule is C=CC(=O)NCc1ccc(C(=O)N2CCCc3cccc(OC(F)F)c32)cc1. The predicted octanol–water partition coefficient (Wildman–Crippen LogP) is 3.68. The minimum Gasteiger partial charge on any atom is -0.433 e. The van der Waals surface area contributed by atoms with Gasteiger partial charge in [-0.3, -0.25) is 9.59 Å². The van der Waals surface area contributed by atoms with Gasteiger partial charge in [0.05, 0.1) is 5.69 Å². The lowest BCUT2D eigenvalue weighted by atomic mass is 9.99. The molecule has 2 aromatic carbocycles. The number of carbonyl (C=O) groups is 2. The second kappa shape index (κ2) is 8.65. The van der Waals surface area contributed by atoms with Crippen molar-refractivity contribution in [3.05, 3.63) is 71.8 Å². The molecule has 0 saturated heterocycles. The van der Waals surface area contributed by atoms with Gasteiger partial charge in [0.1, 0.15) is 5.75 Å². The van der Waals surface area contributed by atoms with Gasteiger partial charge in [-0.05, 0) is 48.2 Å². The van der Waals surface area contributed by atoms with Crippen LogP contribution < -0.4 is 15.0 Å². The van der Waals surface area contributed by atoms with Crippen LogP contribution in [0.25, 0.3) is 0 Å². The number of nitrogens with zero attached hydrogens (tertiary/aromatic N) is 1. The van der Waals surface area contributed by atoms with E-state index >= 15 is 0 Å². The van der Waals surface area contributed by atoms with Crippen LogP contribution in [0.4, 0.5) is 14.5 Å². The van der Waals surface area contributed by atoms with Crippen molar-refractivity contribution < 1.29 is 23.1 Å². The van der Waals surface area contributed by atoms with Gasteiger partial charge in [-0.15, -0.1) is 0 Å². The normalized spacial score (nSPS) is 13.0. The molecule has 0 fully saturated rings. The number of hydrogen-bond donors (Lipinski definition) is 1. The zero-order chi connectivity index (χ0) is 20.1. The first-order chi connectivity index (χ1) is 13.5. The van der Waals surface area contributed by atoms with Gasteiger partial charge >= 0.3 is 6.61 Å². The van der Waals surface area contributed by atoms with Crippen LogP contribution in [0.5, 0.6) is 5.75 Å². The Kier molecular flexibility index (Phi) is 6.03. The van der Waals surface area contributed by atoms with Gasteiger partial charge in [0.25, 0.3) is 5.91 Å². The summed E-state index contributed by atoms with van der Waals surface area (Å²) in [5.74, 6) is -0.561. The molecule has 0 radical (unpaired) electrons. The molecular formula is C21H20F2N2O3. The van der Waals surface area contributed by atoms with Gasteiger partial charge in [-0.2, -0.15) is 8.78 Å². The van der Waals surface area contributed by atoms with Crippen molar-refractivity contribution in [2.75, 3.05) is 11.4 Å². The standard InChI is InChI=1S/C21H20F2N2O3/c1-2-18(26)24-13-14-8-10-16(11-9-14)20(27)25-12-4-6-15-5-3-7-17(19(15)25)28-21(22)23/h2-3,5,7-11,21H,1,4,6,12-13H2,(H,24,26). The van der Waals surface area contributed by atoms with Gasteiger partial charge in [0.15, 0.2) is 0 Å². The van der Waals surface area contributed by atoms with Crippen LogP contribution in [0.3, 0.4) is 0 Å². The lowest BCUT2D eigenvalue weighted by Gasteiger charge is -2.31. The minimum atomic E-state index is -2.96. The molecule has 146 valence electrons. The second-order valence-corrected chi connectivity index (χ2v) is 6.32. The zero-order valence-electron chi connectivity index (χ0n) is 15.2. The molecule has 0 bridgehead atoms. The highest BCUT2D eigenvalue weighted by molar-refractivity contribution is 6.07. The summed E-state index contributed by atoms with van der Waals surface area (Å²) >= 11 is 0. The molecule has 0 saturated carbocycles. The topological polar surface area (TPSA) is 58.6 Å². The molecule has 1 aliphatic rings. The molecule has 1 heterocycles. The number of halogens is 2. The smallest absolute Gasteiger partial charge is 0.387 e. The van der Waals surface area contributed by atoms with E-state index in [2.05, 4.69) is 16.6 Å². The van der Waals surface area contributed by atoms with Gasteiger partial charge < -0.3 is 15.0 Å². The third-order valence-corrected chi connectivity index (χ3v) is 4.49. The molecule has 0 spiro atoms. The van der Waals surface area contributed by atoms with Crippen molar-refractivity contribution in [2.24, 2.45) is 0 Å². The van der Waals surface area contributed by atoms with Gasteiger partial charge in [-0.1, -0.05) is 30.8 Å². The van der Waals surface area contributed by atoms with E-state index in [1.54, 1.807) is 30.3 Å². The van der Waals surface area contributed by atoms with Crippen LogP contribution >= 0.6 is 0 Å². The van der Waals surface area contributed by atoms with Crippen molar-refractivity contribution in [2.45, 2.75) is 26.0 Å². The van der Waals surface area contributed by atoms with Gasteiger partial charge in [0.2, 0.25) is 5.91 Å². The zero-order valence-corrected chi connectivity index (χ0v) is 15.2. The second-order valence-electron chi connectivity index (χ2n) is 6.32. The van der Waals surface area contributed by atoms with E-state index in [4.69, 9.17) is 0 Å². The Balaban J connectivity index is 1.82. The third kappa shape index (κ3) is 4.36. The molecule has 0 unspecified atom stereocenters. The van der Waals surface area contributed by atoms with Crippen LogP contribution in [-0.4, -0.2) is 25.0 Å². The number of ether oxygens (including phenoxy) is 1. The molecule has 3 rings (SSSR count). The largest absolute Gasteiger partial charge is 0.433 e. The fourth-order valence-electron chi connectivity index (χ4n) is 3.19. The first-order valence-electron chi connectivity index (χ1n) is 8.87. The van der Waals surface area contributed by atoms with Crippen molar-refractivity contribution in [3.8, 4) is 5.75 Å². The predicted molar refractivity (Wildman–Crippen MR) is 102 cm³/mol. The Hall–Kier alpha value is -3.22. The first-order valence-corrected chi connectivity index (χ1v) is 8.87. The highest BCUT2D eigenvalue weighted by atomic mass is 19.3. The molecule has 0 aromatic heterocycles. The van der Waals surface area contributed by atoms with E-state index in [9.17, 15) is 18.4 Å². The summed E-state index contributed by atoms with van der Waals surface area (Å²) in [6.07, 6.45) is 2.62. The van der Waals surface area contributed by atoms with E-state index in [-0.39, 0.29) is 17.6 Å². The van der Waals surface area contributed by atoms with Crippen LogP contribution in [0.15, 0.2) is 55.1 Å². The summed E-state index contributed by atoms with van der Waals surface area (Å²) in [6, 6.07) is 11.7. The number of rotatable bonds is 6. The highest BCUT2D eigenvalue weighted by Crippen LogP contribution is 2.37. The van der Waals surface area contributed by atoms with E-state index < -0.39 is 6.61 Å². The maximum Gasteiger partial charge on any atom is 0.387 e. The van der Waals surface area contributed by atoms with Crippen molar-refractivity contribution >= 4 is 17.5 Å². The molecule has 1 N–H and O–H groups in total. The lowest BCUT2D eigenvalue weighted by Crippen LogP contribution is -2.36. The Morgan fingerprint density at radius 3 is 2.64 bits per heavy atom. The van der Waals surface area contributed by atoms with E-state index in [1.807, 2.05) is 6.07 Å². The van der Waals surface area contributed by atoms with Crippen LogP contribution in [0.1, 0.15) is 27.9 Å². The summed E-state index contributed by atoms with van der Waals surface area (Å²) < 4.78 is 30.2. The van der Waals surface area contributed by atoms with Crippen LogP contribution in [0, 0.1) is 0 Å². The Morgan fingerprint density at radius 2 is 1.96 bits per heavy atom. The summed E-state index contributed by atoms with van der Waals surface area (Å²) in [6.45, 7) is 1.16. The monoisotopic (exact) mass is 386 g/mol. The van der Waals surface area contributed by atoms with Crippen molar-refractivity contribution in [1.82, 2.24) is 5.32 Å². The number of fused-ring (bicyclic) bond motifs is 1. The average molecular weight is 386 g/mol. The minimum absolute atomic E-state index is 0.00399. The van der Waals surface area contributed by atoms with Crippen LogP contribution in [-0.2, 0) is 17.8 Å². The van der Waals surface area contributed by atoms with E-state index in [0.29, 0.717) is 30.8 Å². The Bertz CT molecular complexity index is 882. The number of alkyl halides is 2. The van der Waals surface area contributed by atoms with Gasteiger partial charge in [0, 0.05) is 18.7 Å².